The fourth-order valence-corrected chi connectivity index (χ4v) is 2.29. The molecule has 2 rings (SSSR count). The minimum Gasteiger partial charge on any atom is -0.465 e. The van der Waals surface area contributed by atoms with Crippen molar-refractivity contribution in [1.29, 1.82) is 0 Å². The average Bonchev–Trinajstić information content (AvgIpc) is 2.84. The zero-order valence-corrected chi connectivity index (χ0v) is 11.1. The predicted molar refractivity (Wildman–Crippen MR) is 72.0 cm³/mol. The quantitative estimate of drug-likeness (QED) is 0.808. The Labute approximate surface area is 112 Å². The molecule has 0 aromatic heterocycles. The van der Waals surface area contributed by atoms with Crippen LogP contribution in [-0.4, -0.2) is 31.6 Å². The van der Waals surface area contributed by atoms with Crippen LogP contribution < -0.4 is 10.6 Å². The van der Waals surface area contributed by atoms with E-state index in [2.05, 4.69) is 15.4 Å². The van der Waals surface area contributed by atoms with Gasteiger partial charge in [0.25, 0.3) is 0 Å². The van der Waals surface area contributed by atoms with Crippen LogP contribution >= 0.6 is 0 Å². The van der Waals surface area contributed by atoms with Crippen LogP contribution in [0.15, 0.2) is 24.3 Å². The third-order valence-corrected chi connectivity index (χ3v) is 3.41. The van der Waals surface area contributed by atoms with Crippen molar-refractivity contribution in [2.24, 2.45) is 5.92 Å². The molecule has 2 atom stereocenters. The SMILES string of the molecule is COC(=O)c1cccc(NC(=O)C2CCNC2C)c1. The van der Waals surface area contributed by atoms with Crippen LogP contribution in [0.2, 0.25) is 0 Å². The molecule has 1 aromatic rings. The van der Waals surface area contributed by atoms with Gasteiger partial charge in [0, 0.05) is 11.7 Å². The van der Waals surface area contributed by atoms with Crippen LogP contribution in [0.25, 0.3) is 0 Å². The number of carbonyl (C=O) groups excluding carboxylic acids is 2. The highest BCUT2D eigenvalue weighted by atomic mass is 16.5. The number of rotatable bonds is 3. The van der Waals surface area contributed by atoms with Crippen molar-refractivity contribution in [3.05, 3.63) is 29.8 Å². The summed E-state index contributed by atoms with van der Waals surface area (Å²) >= 11 is 0. The van der Waals surface area contributed by atoms with Crippen molar-refractivity contribution in [3.8, 4) is 0 Å². The zero-order chi connectivity index (χ0) is 13.8. The summed E-state index contributed by atoms with van der Waals surface area (Å²) in [6, 6.07) is 6.94. The van der Waals surface area contributed by atoms with E-state index in [9.17, 15) is 9.59 Å². The molecule has 1 fully saturated rings. The maximum atomic E-state index is 12.1. The molecular weight excluding hydrogens is 244 g/mol. The summed E-state index contributed by atoms with van der Waals surface area (Å²) in [4.78, 5) is 23.5. The molecule has 5 heteroatoms. The second-order valence-electron chi connectivity index (χ2n) is 4.70. The van der Waals surface area contributed by atoms with Crippen LogP contribution in [0.4, 0.5) is 5.69 Å². The number of ether oxygens (including phenoxy) is 1. The first-order chi connectivity index (χ1) is 9.11. The maximum absolute atomic E-state index is 12.1. The lowest BCUT2D eigenvalue weighted by molar-refractivity contribution is -0.120. The molecule has 1 amide bonds. The van der Waals surface area contributed by atoms with Crippen LogP contribution in [0.5, 0.6) is 0 Å². The highest BCUT2D eigenvalue weighted by Gasteiger charge is 2.29. The Bertz CT molecular complexity index is 487. The Morgan fingerprint density at radius 3 is 2.84 bits per heavy atom. The summed E-state index contributed by atoms with van der Waals surface area (Å²) in [6.07, 6.45) is 0.837. The minimum atomic E-state index is -0.410. The molecule has 1 aromatic carbocycles. The molecule has 1 heterocycles. The van der Waals surface area contributed by atoms with Crippen LogP contribution in [0.3, 0.4) is 0 Å². The Morgan fingerprint density at radius 2 is 2.21 bits per heavy atom. The lowest BCUT2D eigenvalue weighted by Crippen LogP contribution is -2.32. The summed E-state index contributed by atoms with van der Waals surface area (Å²) < 4.78 is 4.65. The van der Waals surface area contributed by atoms with E-state index in [1.807, 2.05) is 6.92 Å². The Kier molecular flexibility index (Phi) is 4.16. The molecule has 19 heavy (non-hydrogen) atoms. The summed E-state index contributed by atoms with van der Waals surface area (Å²) in [5.41, 5.74) is 1.05. The monoisotopic (exact) mass is 262 g/mol. The number of nitrogens with one attached hydrogen (secondary N) is 2. The maximum Gasteiger partial charge on any atom is 0.337 e. The first-order valence-corrected chi connectivity index (χ1v) is 6.34. The molecule has 1 aliphatic rings. The molecule has 0 radical (unpaired) electrons. The standard InChI is InChI=1S/C14H18N2O3/c1-9-12(6-7-15-9)13(17)16-11-5-3-4-10(8-11)14(18)19-2/h3-5,8-9,12,15H,6-7H2,1-2H3,(H,16,17). The van der Waals surface area contributed by atoms with Gasteiger partial charge in [-0.3, -0.25) is 4.79 Å². The fraction of sp³-hybridized carbons (Fsp3) is 0.429. The van der Waals surface area contributed by atoms with E-state index >= 15 is 0 Å². The third-order valence-electron chi connectivity index (χ3n) is 3.41. The molecular formula is C14H18N2O3. The molecule has 5 nitrogen and oxygen atoms in total. The Balaban J connectivity index is 2.06. The highest BCUT2D eigenvalue weighted by Crippen LogP contribution is 2.18. The molecule has 102 valence electrons. The first kappa shape index (κ1) is 13.5. The second-order valence-corrected chi connectivity index (χ2v) is 4.70. The van der Waals surface area contributed by atoms with Gasteiger partial charge in [-0.15, -0.1) is 0 Å². The lowest BCUT2D eigenvalue weighted by atomic mass is 10.0. The van der Waals surface area contributed by atoms with E-state index in [0.29, 0.717) is 11.3 Å². The molecule has 0 spiro atoms. The van der Waals surface area contributed by atoms with Crippen molar-refractivity contribution < 1.29 is 14.3 Å². The van der Waals surface area contributed by atoms with Crippen molar-refractivity contribution in [3.63, 3.8) is 0 Å². The minimum absolute atomic E-state index is 0.0143. The van der Waals surface area contributed by atoms with Gasteiger partial charge in [0.1, 0.15) is 0 Å². The van der Waals surface area contributed by atoms with Gasteiger partial charge in [-0.25, -0.2) is 4.79 Å². The number of hydrogen-bond donors (Lipinski definition) is 2. The van der Waals surface area contributed by atoms with E-state index in [0.717, 1.165) is 13.0 Å². The molecule has 2 N–H and O–H groups in total. The molecule has 0 bridgehead atoms. The van der Waals surface area contributed by atoms with Gasteiger partial charge in [-0.1, -0.05) is 6.07 Å². The van der Waals surface area contributed by atoms with E-state index in [1.165, 1.54) is 7.11 Å². The highest BCUT2D eigenvalue weighted by molar-refractivity contribution is 5.95. The summed E-state index contributed by atoms with van der Waals surface area (Å²) in [5, 5.41) is 6.09. The van der Waals surface area contributed by atoms with Gasteiger partial charge in [0.2, 0.25) is 5.91 Å². The van der Waals surface area contributed by atoms with Gasteiger partial charge in [0.05, 0.1) is 18.6 Å². The van der Waals surface area contributed by atoms with Gasteiger partial charge >= 0.3 is 5.97 Å². The van der Waals surface area contributed by atoms with Crippen LogP contribution in [0, 0.1) is 5.92 Å². The largest absolute Gasteiger partial charge is 0.465 e. The predicted octanol–water partition coefficient (Wildman–Crippen LogP) is 1.41. The molecule has 2 unspecified atom stereocenters. The molecule has 1 aliphatic heterocycles. The summed E-state index contributed by atoms with van der Waals surface area (Å²) in [5.74, 6) is -0.451. The number of methoxy groups -OCH3 is 1. The van der Waals surface area contributed by atoms with E-state index in [4.69, 9.17) is 0 Å². The Morgan fingerprint density at radius 1 is 1.42 bits per heavy atom. The summed E-state index contributed by atoms with van der Waals surface area (Å²) in [6.45, 7) is 2.86. The second kappa shape index (κ2) is 5.84. The smallest absolute Gasteiger partial charge is 0.337 e. The first-order valence-electron chi connectivity index (χ1n) is 6.34. The normalized spacial score (nSPS) is 22.0. The Hall–Kier alpha value is -1.88. The van der Waals surface area contributed by atoms with Crippen molar-refractivity contribution in [2.45, 2.75) is 19.4 Å². The number of hydrogen-bond acceptors (Lipinski definition) is 4. The van der Waals surface area contributed by atoms with Gasteiger partial charge < -0.3 is 15.4 Å². The van der Waals surface area contributed by atoms with Gasteiger partial charge in [0.15, 0.2) is 0 Å². The van der Waals surface area contributed by atoms with Crippen molar-refractivity contribution in [1.82, 2.24) is 5.32 Å². The molecule has 0 aliphatic carbocycles. The molecule has 0 saturated carbocycles. The topological polar surface area (TPSA) is 67.4 Å². The number of carbonyl (C=O) groups is 2. The zero-order valence-electron chi connectivity index (χ0n) is 11.1. The number of benzene rings is 1. The number of esters is 1. The van der Waals surface area contributed by atoms with E-state index < -0.39 is 5.97 Å². The van der Waals surface area contributed by atoms with E-state index in [-0.39, 0.29) is 17.9 Å². The molecule has 1 saturated heterocycles. The average molecular weight is 262 g/mol. The lowest BCUT2D eigenvalue weighted by Gasteiger charge is -2.15. The van der Waals surface area contributed by atoms with Crippen LogP contribution in [-0.2, 0) is 9.53 Å². The number of anilines is 1. The van der Waals surface area contributed by atoms with E-state index in [1.54, 1.807) is 24.3 Å². The fourth-order valence-electron chi connectivity index (χ4n) is 2.29. The van der Waals surface area contributed by atoms with Crippen molar-refractivity contribution in [2.75, 3.05) is 19.0 Å². The van der Waals surface area contributed by atoms with Gasteiger partial charge in [-0.05, 0) is 38.1 Å². The summed E-state index contributed by atoms with van der Waals surface area (Å²) in [7, 11) is 1.33. The third kappa shape index (κ3) is 3.12. The number of amides is 1. The van der Waals surface area contributed by atoms with Gasteiger partial charge in [-0.2, -0.15) is 0 Å². The van der Waals surface area contributed by atoms with Crippen molar-refractivity contribution >= 4 is 17.6 Å². The van der Waals surface area contributed by atoms with Crippen LogP contribution in [0.1, 0.15) is 23.7 Å².